The van der Waals surface area contributed by atoms with Crippen LogP contribution in [0.1, 0.15) is 10.6 Å². The van der Waals surface area contributed by atoms with Crippen LogP contribution >= 0.6 is 0 Å². The zero-order chi connectivity index (χ0) is 13.4. The lowest BCUT2D eigenvalue weighted by Crippen LogP contribution is -2.10. The van der Waals surface area contributed by atoms with Crippen LogP contribution in [0.5, 0.6) is 0 Å². The van der Waals surface area contributed by atoms with Crippen molar-refractivity contribution in [3.05, 3.63) is 58.6 Å². The van der Waals surface area contributed by atoms with Crippen molar-refractivity contribution < 1.29 is 19.1 Å². The molecule has 2 heterocycles. The first-order valence-electron chi connectivity index (χ1n) is 5.43. The van der Waals surface area contributed by atoms with Crippen LogP contribution in [0.2, 0.25) is 0 Å². The first-order chi connectivity index (χ1) is 9.16. The maximum absolute atomic E-state index is 12.2. The van der Waals surface area contributed by atoms with Crippen LogP contribution < -0.4 is 4.98 Å². The van der Waals surface area contributed by atoms with Crippen LogP contribution in [0.25, 0.3) is 11.0 Å². The third-order valence-corrected chi connectivity index (χ3v) is 2.71. The van der Waals surface area contributed by atoms with Gasteiger partial charge in [0.1, 0.15) is 4.92 Å². The molecule has 1 N–H and O–H groups in total. The fourth-order valence-corrected chi connectivity index (χ4v) is 1.84. The first kappa shape index (κ1) is 11.1. The Kier molecular flexibility index (Phi) is 2.38. The van der Waals surface area contributed by atoms with Crippen LogP contribution in [0.3, 0.4) is 0 Å². The number of nitrogens with zero attached hydrogens (tertiary/aromatic N) is 2. The summed E-state index contributed by atoms with van der Waals surface area (Å²) in [4.78, 5) is 25.0. The second kappa shape index (κ2) is 4.05. The number of H-pyrrole nitrogens is 1. The summed E-state index contributed by atoms with van der Waals surface area (Å²) in [5, 5.41) is 10.5. The van der Waals surface area contributed by atoms with Gasteiger partial charge in [-0.2, -0.15) is 4.57 Å². The van der Waals surface area contributed by atoms with Crippen LogP contribution in [0.15, 0.2) is 47.1 Å². The number of nitro groups is 1. The minimum Gasteiger partial charge on any atom is -0.393 e. The third-order valence-electron chi connectivity index (χ3n) is 2.71. The molecule has 0 fully saturated rings. The lowest BCUT2D eigenvalue weighted by Gasteiger charge is -1.91. The van der Waals surface area contributed by atoms with Crippen LogP contribution in [0, 0.1) is 10.1 Å². The Bertz CT molecular complexity index is 787. The van der Waals surface area contributed by atoms with Gasteiger partial charge in [0.05, 0.1) is 6.07 Å². The molecule has 1 aromatic carbocycles. The molecule has 0 saturated heterocycles. The van der Waals surface area contributed by atoms with E-state index >= 15 is 0 Å². The first-order valence-corrected chi connectivity index (χ1v) is 5.43. The van der Waals surface area contributed by atoms with Crippen LogP contribution in [-0.4, -0.2) is 15.4 Å². The molecule has 3 rings (SSSR count). The van der Waals surface area contributed by atoms with E-state index in [-0.39, 0.29) is 5.76 Å². The Morgan fingerprint density at radius 1 is 1.26 bits per heavy atom. The number of imidazole rings is 1. The Balaban J connectivity index is 2.05. The van der Waals surface area contributed by atoms with E-state index in [1.807, 2.05) is 12.1 Å². The number of hydrogen-bond acceptors (Lipinski definition) is 4. The SMILES string of the molecule is O=C(c1ccc([N+](=O)[O-])o1)n1c[nH+]c2ccccc21. The standard InChI is InChI=1S/C12H7N3O4/c16-12(10-5-6-11(19-10)15(17)18)14-7-13-8-3-1-2-4-9(8)14/h1-7H/p+1. The van der Waals surface area contributed by atoms with Gasteiger partial charge in [-0.05, 0) is 18.2 Å². The monoisotopic (exact) mass is 258 g/mol. The highest BCUT2D eigenvalue weighted by molar-refractivity contribution is 5.98. The molecule has 0 unspecified atom stereocenters. The molecule has 0 atom stereocenters. The van der Waals surface area contributed by atoms with Gasteiger partial charge in [-0.1, -0.05) is 12.1 Å². The van der Waals surface area contributed by atoms with E-state index in [9.17, 15) is 14.9 Å². The van der Waals surface area contributed by atoms with Crippen molar-refractivity contribution in [2.24, 2.45) is 0 Å². The molecule has 2 aromatic heterocycles. The normalized spacial score (nSPS) is 10.7. The maximum atomic E-state index is 12.2. The van der Waals surface area contributed by atoms with Crippen LogP contribution in [0.4, 0.5) is 5.88 Å². The number of benzene rings is 1. The minimum atomic E-state index is -0.684. The van der Waals surface area contributed by atoms with Crippen molar-refractivity contribution in [1.82, 2.24) is 4.57 Å². The van der Waals surface area contributed by atoms with E-state index in [1.54, 1.807) is 12.1 Å². The number of carbonyl (C=O) groups excluding carboxylic acids is 1. The highest BCUT2D eigenvalue weighted by Gasteiger charge is 2.24. The van der Waals surface area contributed by atoms with E-state index in [2.05, 4.69) is 4.98 Å². The zero-order valence-corrected chi connectivity index (χ0v) is 9.57. The maximum Gasteiger partial charge on any atom is 0.433 e. The van der Waals surface area contributed by atoms with E-state index in [1.165, 1.54) is 17.0 Å². The molecule has 0 radical (unpaired) electrons. The van der Waals surface area contributed by atoms with E-state index in [0.717, 1.165) is 11.6 Å². The summed E-state index contributed by atoms with van der Waals surface area (Å²) in [6.45, 7) is 0. The van der Waals surface area contributed by atoms with Gasteiger partial charge in [-0.3, -0.25) is 10.1 Å². The summed E-state index contributed by atoms with van der Waals surface area (Å²) in [5.41, 5.74) is 1.46. The number of aromatic nitrogens is 2. The van der Waals surface area contributed by atoms with Gasteiger partial charge in [-0.15, -0.1) is 0 Å². The molecule has 7 heteroatoms. The summed E-state index contributed by atoms with van der Waals surface area (Å²) in [7, 11) is 0. The molecule has 0 saturated carbocycles. The van der Waals surface area contributed by atoms with Crippen LogP contribution in [-0.2, 0) is 0 Å². The second-order valence-corrected chi connectivity index (χ2v) is 3.86. The van der Waals surface area contributed by atoms with Crippen molar-refractivity contribution in [3.8, 4) is 0 Å². The molecule has 0 aliphatic heterocycles. The number of fused-ring (bicyclic) bond motifs is 1. The molecule has 0 amide bonds. The van der Waals surface area contributed by atoms with Gasteiger partial charge >= 0.3 is 11.8 Å². The fourth-order valence-electron chi connectivity index (χ4n) is 1.84. The average Bonchev–Trinajstić information content (AvgIpc) is 3.05. The largest absolute Gasteiger partial charge is 0.433 e. The van der Waals surface area contributed by atoms with Gasteiger partial charge in [0, 0.05) is 0 Å². The molecule has 0 spiro atoms. The second-order valence-electron chi connectivity index (χ2n) is 3.86. The molecule has 0 aliphatic carbocycles. The summed E-state index contributed by atoms with van der Waals surface area (Å²) in [5.74, 6) is -1.00. The molecular formula is C12H8N3O4+. The Labute approximate surface area is 106 Å². The van der Waals surface area contributed by atoms with E-state index in [0.29, 0.717) is 5.52 Å². The van der Waals surface area contributed by atoms with Gasteiger partial charge in [-0.25, -0.2) is 9.78 Å². The minimum absolute atomic E-state index is 0.0820. The van der Waals surface area contributed by atoms with Crippen molar-refractivity contribution in [1.29, 1.82) is 0 Å². The number of rotatable bonds is 2. The Morgan fingerprint density at radius 3 is 2.79 bits per heavy atom. The number of para-hydroxylation sites is 2. The lowest BCUT2D eigenvalue weighted by atomic mass is 10.3. The summed E-state index contributed by atoms with van der Waals surface area (Å²) < 4.78 is 6.24. The van der Waals surface area contributed by atoms with Crippen molar-refractivity contribution in [2.75, 3.05) is 0 Å². The van der Waals surface area contributed by atoms with E-state index in [4.69, 9.17) is 4.42 Å². The Morgan fingerprint density at radius 2 is 2.05 bits per heavy atom. The smallest absolute Gasteiger partial charge is 0.393 e. The average molecular weight is 258 g/mol. The highest BCUT2D eigenvalue weighted by Crippen LogP contribution is 2.18. The van der Waals surface area contributed by atoms with E-state index < -0.39 is 16.7 Å². The highest BCUT2D eigenvalue weighted by atomic mass is 16.6. The Hall–Kier alpha value is -2.96. The predicted molar refractivity (Wildman–Crippen MR) is 63.6 cm³/mol. The number of hydrogen-bond donors (Lipinski definition) is 0. The van der Waals surface area contributed by atoms with Crippen molar-refractivity contribution in [2.45, 2.75) is 0 Å². The number of aromatic amines is 1. The summed E-state index contributed by atoms with van der Waals surface area (Å²) >= 11 is 0. The lowest BCUT2D eigenvalue weighted by molar-refractivity contribution is -0.402. The summed E-state index contributed by atoms with van der Waals surface area (Å²) in [6.07, 6.45) is 1.49. The summed E-state index contributed by atoms with van der Waals surface area (Å²) in [6, 6.07) is 9.67. The van der Waals surface area contributed by atoms with Gasteiger partial charge in [0.25, 0.3) is 0 Å². The van der Waals surface area contributed by atoms with Gasteiger partial charge in [0.2, 0.25) is 12.1 Å². The molecule has 94 valence electrons. The molecule has 7 nitrogen and oxygen atoms in total. The van der Waals surface area contributed by atoms with Gasteiger partial charge < -0.3 is 4.42 Å². The molecular weight excluding hydrogens is 250 g/mol. The fraction of sp³-hybridized carbons (Fsp3) is 0. The molecule has 0 aliphatic rings. The van der Waals surface area contributed by atoms with Gasteiger partial charge in [0.15, 0.2) is 11.0 Å². The molecule has 3 aromatic rings. The number of carbonyl (C=O) groups is 1. The number of furan rings is 1. The predicted octanol–water partition coefficient (Wildman–Crippen LogP) is 1.65. The zero-order valence-electron chi connectivity index (χ0n) is 9.57. The third kappa shape index (κ3) is 1.77. The molecule has 0 bridgehead atoms. The topological polar surface area (TPSA) is 92.4 Å². The van der Waals surface area contributed by atoms with Crippen molar-refractivity contribution in [3.63, 3.8) is 0 Å². The quantitative estimate of drug-likeness (QED) is 0.516. The molecule has 19 heavy (non-hydrogen) atoms. The number of nitrogens with one attached hydrogen (secondary N) is 1. The van der Waals surface area contributed by atoms with Crippen molar-refractivity contribution >= 4 is 22.8 Å².